The zero-order chi connectivity index (χ0) is 17.5. The first-order valence-corrected chi connectivity index (χ1v) is 7.53. The third-order valence-electron chi connectivity index (χ3n) is 3.06. The first-order valence-electron chi connectivity index (χ1n) is 7.16. The summed E-state index contributed by atoms with van der Waals surface area (Å²) < 4.78 is 10.7. The molecule has 0 aliphatic rings. The Morgan fingerprint density at radius 1 is 1.33 bits per heavy atom. The van der Waals surface area contributed by atoms with Gasteiger partial charge in [-0.3, -0.25) is 5.43 Å². The Labute approximate surface area is 144 Å². The van der Waals surface area contributed by atoms with Gasteiger partial charge in [-0.15, -0.1) is 0 Å². The number of aromatic carboxylic acids is 1. The Balaban J connectivity index is 2.12. The molecule has 126 valence electrons. The normalized spacial score (nSPS) is 10.6. The highest BCUT2D eigenvalue weighted by atomic mass is 35.5. The van der Waals surface area contributed by atoms with E-state index in [1.54, 1.807) is 30.5 Å². The van der Waals surface area contributed by atoms with E-state index in [0.29, 0.717) is 28.8 Å². The van der Waals surface area contributed by atoms with Crippen molar-refractivity contribution in [3.8, 4) is 11.5 Å². The van der Waals surface area contributed by atoms with Gasteiger partial charge in [-0.1, -0.05) is 23.7 Å². The van der Waals surface area contributed by atoms with Crippen LogP contribution in [0.4, 0.5) is 5.69 Å². The second kappa shape index (κ2) is 8.21. The highest BCUT2D eigenvalue weighted by molar-refractivity contribution is 6.32. The van der Waals surface area contributed by atoms with Gasteiger partial charge < -0.3 is 19.4 Å². The third-order valence-corrected chi connectivity index (χ3v) is 3.34. The zero-order valence-corrected chi connectivity index (χ0v) is 14.0. The molecule has 0 unspecified atom stereocenters. The van der Waals surface area contributed by atoms with E-state index >= 15 is 0 Å². The fraction of sp³-hybridized carbons (Fsp3) is 0.176. The van der Waals surface area contributed by atoms with Crippen LogP contribution in [0, 0.1) is 0 Å². The molecule has 0 radical (unpaired) electrons. The molecule has 1 N–H and O–H groups in total. The van der Waals surface area contributed by atoms with Crippen LogP contribution in [-0.2, 0) is 0 Å². The highest BCUT2D eigenvalue weighted by Gasteiger charge is 2.10. The van der Waals surface area contributed by atoms with Crippen LogP contribution in [0.2, 0.25) is 5.02 Å². The lowest BCUT2D eigenvalue weighted by Crippen LogP contribution is -2.21. The molecule has 0 saturated heterocycles. The van der Waals surface area contributed by atoms with Crippen LogP contribution < -0.4 is 20.0 Å². The first kappa shape index (κ1) is 17.6. The van der Waals surface area contributed by atoms with Gasteiger partial charge in [0.2, 0.25) is 0 Å². The Kier molecular flexibility index (Phi) is 6.03. The lowest BCUT2D eigenvalue weighted by molar-refractivity contribution is -0.255. The topological polar surface area (TPSA) is 83.0 Å². The molecule has 0 fully saturated rings. The molecule has 0 saturated carbocycles. The third kappa shape index (κ3) is 4.39. The molecule has 6 nitrogen and oxygen atoms in total. The van der Waals surface area contributed by atoms with Gasteiger partial charge in [0, 0.05) is 0 Å². The number of carbonyl (C=O) groups excluding carboxylic acids is 1. The largest absolute Gasteiger partial charge is 0.545 e. The standard InChI is InChI=1S/C17H17ClN2O4/c1-3-24-15-9-11(8-14(18)16(15)23-2)10-19-20-13-6-4-12(5-7-13)17(21)22/h4-10,20H,3H2,1-2H3,(H,21,22)/p-1/b19-10-. The number of hydrogen-bond acceptors (Lipinski definition) is 6. The number of methoxy groups -OCH3 is 1. The maximum atomic E-state index is 10.7. The molecule has 0 aromatic heterocycles. The maximum absolute atomic E-state index is 10.7. The van der Waals surface area contributed by atoms with E-state index in [1.165, 1.54) is 19.2 Å². The summed E-state index contributed by atoms with van der Waals surface area (Å²) in [6.07, 6.45) is 1.57. The number of carboxylic acid groups (broad SMARTS) is 1. The van der Waals surface area contributed by atoms with Gasteiger partial charge in [0.25, 0.3) is 0 Å². The van der Waals surface area contributed by atoms with E-state index in [1.807, 2.05) is 6.92 Å². The van der Waals surface area contributed by atoms with Gasteiger partial charge in [-0.2, -0.15) is 5.10 Å². The molecular formula is C17H16ClN2O4-. The molecule has 0 atom stereocenters. The SMILES string of the molecule is CCOc1cc(/C=N\Nc2ccc(C(=O)[O-])cc2)cc(Cl)c1OC. The van der Waals surface area contributed by atoms with E-state index in [9.17, 15) is 9.90 Å². The van der Waals surface area contributed by atoms with E-state index < -0.39 is 5.97 Å². The van der Waals surface area contributed by atoms with Crippen LogP contribution >= 0.6 is 11.6 Å². The fourth-order valence-electron chi connectivity index (χ4n) is 1.99. The highest BCUT2D eigenvalue weighted by Crippen LogP contribution is 2.35. The quantitative estimate of drug-likeness (QED) is 0.614. The van der Waals surface area contributed by atoms with Crippen LogP contribution in [0.3, 0.4) is 0 Å². The van der Waals surface area contributed by atoms with Crippen LogP contribution in [0.5, 0.6) is 11.5 Å². The van der Waals surface area contributed by atoms with Crippen molar-refractivity contribution in [1.29, 1.82) is 0 Å². The lowest BCUT2D eigenvalue weighted by Gasteiger charge is -2.11. The Morgan fingerprint density at radius 2 is 2.04 bits per heavy atom. The number of anilines is 1. The number of nitrogens with zero attached hydrogens (tertiary/aromatic N) is 1. The maximum Gasteiger partial charge on any atom is 0.179 e. The van der Waals surface area contributed by atoms with E-state index in [4.69, 9.17) is 21.1 Å². The van der Waals surface area contributed by atoms with Crippen molar-refractivity contribution in [3.05, 3.63) is 52.5 Å². The Morgan fingerprint density at radius 3 is 2.62 bits per heavy atom. The number of carbonyl (C=O) groups is 1. The molecule has 0 aliphatic heterocycles. The minimum Gasteiger partial charge on any atom is -0.545 e. The molecule has 0 bridgehead atoms. The molecule has 24 heavy (non-hydrogen) atoms. The molecule has 2 aromatic carbocycles. The monoisotopic (exact) mass is 347 g/mol. The average molecular weight is 348 g/mol. The van der Waals surface area contributed by atoms with Gasteiger partial charge in [-0.05, 0) is 42.3 Å². The van der Waals surface area contributed by atoms with E-state index in [2.05, 4.69) is 10.5 Å². The summed E-state index contributed by atoms with van der Waals surface area (Å²) in [4.78, 5) is 10.7. The molecule has 7 heteroatoms. The number of ether oxygens (including phenoxy) is 2. The van der Waals surface area contributed by atoms with Crippen LogP contribution in [-0.4, -0.2) is 25.9 Å². The molecule has 0 aliphatic carbocycles. The molecule has 0 amide bonds. The first-order chi connectivity index (χ1) is 11.5. The summed E-state index contributed by atoms with van der Waals surface area (Å²) in [7, 11) is 1.52. The van der Waals surface area contributed by atoms with Gasteiger partial charge >= 0.3 is 0 Å². The van der Waals surface area contributed by atoms with Crippen molar-refractivity contribution in [3.63, 3.8) is 0 Å². The summed E-state index contributed by atoms with van der Waals surface area (Å²) in [5.41, 5.74) is 4.27. The van der Waals surface area contributed by atoms with Gasteiger partial charge in [-0.25, -0.2) is 0 Å². The van der Waals surface area contributed by atoms with E-state index in [-0.39, 0.29) is 5.56 Å². The van der Waals surface area contributed by atoms with E-state index in [0.717, 1.165) is 5.56 Å². The number of carboxylic acids is 1. The number of halogens is 1. The predicted octanol–water partition coefficient (Wildman–Crippen LogP) is 2.56. The molecular weight excluding hydrogens is 332 g/mol. The summed E-state index contributed by atoms with van der Waals surface area (Å²) in [6, 6.07) is 9.52. The minimum atomic E-state index is -1.22. The predicted molar refractivity (Wildman–Crippen MR) is 91.2 cm³/mol. The zero-order valence-electron chi connectivity index (χ0n) is 13.2. The molecule has 0 heterocycles. The van der Waals surface area contributed by atoms with Gasteiger partial charge in [0.15, 0.2) is 11.5 Å². The van der Waals surface area contributed by atoms with Crippen molar-refractivity contribution in [2.45, 2.75) is 6.92 Å². The minimum absolute atomic E-state index is 0.104. The molecule has 2 aromatic rings. The van der Waals surface area contributed by atoms with Gasteiger partial charge in [0.1, 0.15) is 0 Å². The Bertz CT molecular complexity index is 745. The number of hydrazone groups is 1. The summed E-state index contributed by atoms with van der Waals surface area (Å²) in [5, 5.41) is 15.2. The van der Waals surface area contributed by atoms with Crippen molar-refractivity contribution in [2.75, 3.05) is 19.1 Å². The number of rotatable bonds is 7. The fourth-order valence-corrected chi connectivity index (χ4v) is 2.28. The Hall–Kier alpha value is -2.73. The smallest absolute Gasteiger partial charge is 0.179 e. The lowest BCUT2D eigenvalue weighted by atomic mass is 10.2. The molecule has 2 rings (SSSR count). The van der Waals surface area contributed by atoms with Crippen molar-refractivity contribution in [2.24, 2.45) is 5.10 Å². The van der Waals surface area contributed by atoms with Gasteiger partial charge in [0.05, 0.1) is 36.6 Å². The van der Waals surface area contributed by atoms with Crippen LogP contribution in [0.25, 0.3) is 0 Å². The van der Waals surface area contributed by atoms with Crippen molar-refractivity contribution >= 4 is 29.5 Å². The summed E-state index contributed by atoms with van der Waals surface area (Å²) in [5.74, 6) is -0.213. The van der Waals surface area contributed by atoms with Crippen molar-refractivity contribution in [1.82, 2.24) is 0 Å². The second-order valence-electron chi connectivity index (χ2n) is 4.70. The summed E-state index contributed by atoms with van der Waals surface area (Å²) in [6.45, 7) is 2.35. The number of hydrogen-bond donors (Lipinski definition) is 1. The van der Waals surface area contributed by atoms with Crippen molar-refractivity contribution < 1.29 is 19.4 Å². The number of benzene rings is 2. The van der Waals surface area contributed by atoms with Crippen LogP contribution in [0.1, 0.15) is 22.8 Å². The number of nitrogens with one attached hydrogen (secondary N) is 1. The van der Waals surface area contributed by atoms with Crippen LogP contribution in [0.15, 0.2) is 41.5 Å². The second-order valence-corrected chi connectivity index (χ2v) is 5.11. The molecule has 0 spiro atoms. The summed E-state index contributed by atoms with van der Waals surface area (Å²) >= 11 is 6.16. The average Bonchev–Trinajstić information content (AvgIpc) is 2.55.